The van der Waals surface area contributed by atoms with Crippen LogP contribution in [0.2, 0.25) is 5.02 Å². The average Bonchev–Trinajstić information content (AvgIpc) is 2.41. The summed E-state index contributed by atoms with van der Waals surface area (Å²) in [6, 6.07) is 3.66. The number of nitrogens with one attached hydrogen (secondary N) is 1. The van der Waals surface area contributed by atoms with E-state index < -0.39 is 25.3 Å². The highest BCUT2D eigenvalue weighted by molar-refractivity contribution is 7.93. The van der Waals surface area contributed by atoms with Crippen LogP contribution >= 0.6 is 11.6 Å². The number of benzene rings is 1. The maximum absolute atomic E-state index is 12.3. The third-order valence-electron chi connectivity index (χ3n) is 3.51. The van der Waals surface area contributed by atoms with E-state index in [-0.39, 0.29) is 15.6 Å². The van der Waals surface area contributed by atoms with Crippen LogP contribution in [0.15, 0.2) is 23.1 Å². The second kappa shape index (κ2) is 6.12. The minimum Gasteiger partial charge on any atom is -0.282 e. The molecular formula is C12H17ClN2O4S2. The fourth-order valence-corrected chi connectivity index (χ4v) is 4.86. The lowest BCUT2D eigenvalue weighted by molar-refractivity contribution is 0.486. The van der Waals surface area contributed by atoms with Crippen LogP contribution in [-0.4, -0.2) is 22.1 Å². The number of nitrogens with two attached hydrogens (primary N) is 1. The molecule has 0 unspecified atom stereocenters. The van der Waals surface area contributed by atoms with E-state index in [9.17, 15) is 16.8 Å². The molecule has 21 heavy (non-hydrogen) atoms. The van der Waals surface area contributed by atoms with Crippen LogP contribution in [0.25, 0.3) is 0 Å². The molecule has 0 bridgehead atoms. The smallest absolute Gasteiger partial charge is 0.238 e. The van der Waals surface area contributed by atoms with E-state index in [1.807, 2.05) is 0 Å². The number of anilines is 1. The van der Waals surface area contributed by atoms with E-state index in [1.165, 1.54) is 12.1 Å². The van der Waals surface area contributed by atoms with Gasteiger partial charge in [0.1, 0.15) is 0 Å². The molecule has 1 aliphatic carbocycles. The molecular weight excluding hydrogens is 336 g/mol. The molecule has 1 aromatic carbocycles. The minimum absolute atomic E-state index is 0.000842. The van der Waals surface area contributed by atoms with Crippen LogP contribution < -0.4 is 9.86 Å². The van der Waals surface area contributed by atoms with Crippen LogP contribution in [0.3, 0.4) is 0 Å². The lowest BCUT2D eigenvalue weighted by atomic mass is 10.0. The van der Waals surface area contributed by atoms with Gasteiger partial charge in [-0.1, -0.05) is 30.9 Å². The number of hydrogen-bond donors (Lipinski definition) is 2. The maximum Gasteiger partial charge on any atom is 0.238 e. The Bertz CT molecular complexity index is 726. The summed E-state index contributed by atoms with van der Waals surface area (Å²) in [6.45, 7) is 0. The molecule has 1 aliphatic rings. The first-order valence-corrected chi connectivity index (χ1v) is 10.0. The van der Waals surface area contributed by atoms with Crippen molar-refractivity contribution >= 4 is 37.3 Å². The third kappa shape index (κ3) is 4.09. The van der Waals surface area contributed by atoms with Gasteiger partial charge >= 0.3 is 0 Å². The fraction of sp³-hybridized carbons (Fsp3) is 0.500. The molecule has 0 spiro atoms. The van der Waals surface area contributed by atoms with Gasteiger partial charge < -0.3 is 0 Å². The van der Waals surface area contributed by atoms with Crippen LogP contribution in [0.4, 0.5) is 5.69 Å². The quantitative estimate of drug-likeness (QED) is 0.864. The Balaban J connectivity index is 2.23. The van der Waals surface area contributed by atoms with Crippen molar-refractivity contribution in [1.29, 1.82) is 0 Å². The highest BCUT2D eigenvalue weighted by Crippen LogP contribution is 2.29. The van der Waals surface area contributed by atoms with Crippen molar-refractivity contribution in [3.8, 4) is 0 Å². The Morgan fingerprint density at radius 3 is 2.24 bits per heavy atom. The van der Waals surface area contributed by atoms with Crippen molar-refractivity contribution in [3.63, 3.8) is 0 Å². The monoisotopic (exact) mass is 352 g/mol. The molecule has 0 saturated heterocycles. The molecule has 9 heteroatoms. The Morgan fingerprint density at radius 1 is 1.10 bits per heavy atom. The van der Waals surface area contributed by atoms with E-state index in [1.54, 1.807) is 0 Å². The largest absolute Gasteiger partial charge is 0.282 e. The van der Waals surface area contributed by atoms with Gasteiger partial charge in [0.05, 0.1) is 20.9 Å². The number of hydrogen-bond acceptors (Lipinski definition) is 4. The fourth-order valence-electron chi connectivity index (χ4n) is 2.37. The number of sulfonamides is 2. The standard InChI is InChI=1S/C12H17ClN2O4S2/c13-11-8-10(20(14,16)17)6-7-12(11)15-21(18,19)9-4-2-1-3-5-9/h6-9,15H,1-5H2,(H2,14,16,17). The summed E-state index contributed by atoms with van der Waals surface area (Å²) >= 11 is 5.93. The summed E-state index contributed by atoms with van der Waals surface area (Å²) in [4.78, 5) is -0.159. The highest BCUT2D eigenvalue weighted by atomic mass is 35.5. The van der Waals surface area contributed by atoms with E-state index in [4.69, 9.17) is 16.7 Å². The second-order valence-corrected chi connectivity index (χ2v) is 9.02. The summed E-state index contributed by atoms with van der Waals surface area (Å²) < 4.78 is 49.4. The normalized spacial score (nSPS) is 17.6. The summed E-state index contributed by atoms with van der Waals surface area (Å²) in [5.41, 5.74) is 0.162. The van der Waals surface area contributed by atoms with Crippen molar-refractivity contribution < 1.29 is 16.8 Å². The zero-order chi connectivity index (χ0) is 15.7. The summed E-state index contributed by atoms with van der Waals surface area (Å²) in [5.74, 6) is 0. The van der Waals surface area contributed by atoms with E-state index >= 15 is 0 Å². The van der Waals surface area contributed by atoms with Gasteiger partial charge in [0.15, 0.2) is 0 Å². The lowest BCUT2D eigenvalue weighted by Crippen LogP contribution is -2.29. The summed E-state index contributed by atoms with van der Waals surface area (Å²) in [5, 5.41) is 4.57. The Labute approximate surface area is 129 Å². The van der Waals surface area contributed by atoms with Crippen molar-refractivity contribution in [1.82, 2.24) is 0 Å². The molecule has 0 atom stereocenters. The third-order valence-corrected chi connectivity index (χ3v) is 6.59. The molecule has 1 saturated carbocycles. The molecule has 118 valence electrons. The molecule has 0 aromatic heterocycles. The molecule has 1 aromatic rings. The van der Waals surface area contributed by atoms with E-state index in [0.29, 0.717) is 12.8 Å². The predicted molar refractivity (Wildman–Crippen MR) is 82.2 cm³/mol. The van der Waals surface area contributed by atoms with E-state index in [2.05, 4.69) is 4.72 Å². The van der Waals surface area contributed by atoms with Gasteiger partial charge in [0.25, 0.3) is 0 Å². The number of rotatable bonds is 4. The van der Waals surface area contributed by atoms with Crippen molar-refractivity contribution in [3.05, 3.63) is 23.2 Å². The predicted octanol–water partition coefficient (Wildman–Crippen LogP) is 2.06. The Hall–Kier alpha value is -0.830. The van der Waals surface area contributed by atoms with Crippen molar-refractivity contribution in [2.45, 2.75) is 42.2 Å². The van der Waals surface area contributed by atoms with Crippen LogP contribution in [0.5, 0.6) is 0 Å². The maximum atomic E-state index is 12.3. The second-order valence-electron chi connectivity index (χ2n) is 5.09. The summed E-state index contributed by atoms with van der Waals surface area (Å²) in [6.07, 6.45) is 4.09. The zero-order valence-corrected chi connectivity index (χ0v) is 13.6. The van der Waals surface area contributed by atoms with Gasteiger partial charge in [-0.3, -0.25) is 4.72 Å². The van der Waals surface area contributed by atoms with Gasteiger partial charge in [-0.05, 0) is 31.0 Å². The Morgan fingerprint density at radius 2 is 1.71 bits per heavy atom. The molecule has 0 amide bonds. The minimum atomic E-state index is -3.87. The molecule has 3 N–H and O–H groups in total. The van der Waals surface area contributed by atoms with Gasteiger partial charge in [-0.2, -0.15) is 0 Å². The topological polar surface area (TPSA) is 106 Å². The van der Waals surface area contributed by atoms with E-state index in [0.717, 1.165) is 25.3 Å². The first kappa shape index (κ1) is 16.5. The molecule has 0 radical (unpaired) electrons. The van der Waals surface area contributed by atoms with Gasteiger partial charge in [-0.25, -0.2) is 22.0 Å². The molecule has 0 heterocycles. The summed E-state index contributed by atoms with van der Waals surface area (Å²) in [7, 11) is -7.39. The van der Waals surface area contributed by atoms with Crippen LogP contribution in [0.1, 0.15) is 32.1 Å². The van der Waals surface area contributed by atoms with Crippen LogP contribution in [0, 0.1) is 0 Å². The molecule has 0 aliphatic heterocycles. The van der Waals surface area contributed by atoms with Crippen LogP contribution in [-0.2, 0) is 20.0 Å². The number of primary sulfonamides is 1. The lowest BCUT2D eigenvalue weighted by Gasteiger charge is -2.22. The molecule has 6 nitrogen and oxygen atoms in total. The number of halogens is 1. The van der Waals surface area contributed by atoms with Gasteiger partial charge in [-0.15, -0.1) is 0 Å². The van der Waals surface area contributed by atoms with Gasteiger partial charge in [0.2, 0.25) is 20.0 Å². The average molecular weight is 353 g/mol. The first-order chi connectivity index (χ1) is 9.70. The molecule has 1 fully saturated rings. The molecule has 2 rings (SSSR count). The van der Waals surface area contributed by atoms with Gasteiger partial charge in [0, 0.05) is 0 Å². The zero-order valence-electron chi connectivity index (χ0n) is 11.2. The highest BCUT2D eigenvalue weighted by Gasteiger charge is 2.27. The SMILES string of the molecule is NS(=O)(=O)c1ccc(NS(=O)(=O)C2CCCCC2)c(Cl)c1. The van der Waals surface area contributed by atoms with Crippen molar-refractivity contribution in [2.75, 3.05) is 4.72 Å². The Kier molecular flexibility index (Phi) is 4.82. The first-order valence-electron chi connectivity index (χ1n) is 6.54. The van der Waals surface area contributed by atoms with Crippen molar-refractivity contribution in [2.24, 2.45) is 5.14 Å².